The summed E-state index contributed by atoms with van der Waals surface area (Å²) in [6, 6.07) is 16.1. The van der Waals surface area contributed by atoms with E-state index in [1.807, 2.05) is 19.1 Å². The molecule has 4 aromatic rings. The van der Waals surface area contributed by atoms with Gasteiger partial charge in [-0.1, -0.05) is 24.3 Å². The summed E-state index contributed by atoms with van der Waals surface area (Å²) in [4.78, 5) is 30.4. The van der Waals surface area contributed by atoms with Crippen molar-refractivity contribution in [2.75, 3.05) is 11.4 Å². The van der Waals surface area contributed by atoms with Crippen LogP contribution in [0.1, 0.15) is 25.5 Å². The topological polar surface area (TPSA) is 132 Å². The van der Waals surface area contributed by atoms with Crippen LogP contribution in [0.5, 0.6) is 5.88 Å². The Morgan fingerprint density at radius 3 is 2.63 bits per heavy atom. The molecule has 0 saturated carbocycles. The Hall–Kier alpha value is -4.35. The van der Waals surface area contributed by atoms with Gasteiger partial charge in [-0.3, -0.25) is 4.79 Å². The van der Waals surface area contributed by atoms with Crippen molar-refractivity contribution in [2.45, 2.75) is 38.2 Å². The molecule has 0 aliphatic carbocycles. The smallest absolute Gasteiger partial charge is 0.335 e. The van der Waals surface area contributed by atoms with Gasteiger partial charge in [0.2, 0.25) is 5.88 Å². The molecule has 1 aliphatic rings. The number of aliphatic hydroxyl groups is 1. The van der Waals surface area contributed by atoms with Crippen molar-refractivity contribution < 1.29 is 28.6 Å². The number of carbonyl (C=O) groups is 2. The van der Waals surface area contributed by atoms with Crippen LogP contribution in [0.25, 0.3) is 16.9 Å². The number of aliphatic hydroxyl groups excluding tert-OH is 1. The fraction of sp³-hybridized carbons (Fsp3) is 0.259. The molecule has 2 aromatic heterocycles. The lowest BCUT2D eigenvalue weighted by atomic mass is 10.1. The van der Waals surface area contributed by atoms with Crippen molar-refractivity contribution in [3.63, 3.8) is 0 Å². The first-order valence-corrected chi connectivity index (χ1v) is 12.0. The molecule has 1 amide bonds. The lowest BCUT2D eigenvalue weighted by molar-refractivity contribution is -0.161. The van der Waals surface area contributed by atoms with Crippen molar-refractivity contribution in [3.8, 4) is 17.1 Å². The third kappa shape index (κ3) is 4.93. The van der Waals surface area contributed by atoms with E-state index in [0.29, 0.717) is 28.5 Å². The number of hydrogen-bond donors (Lipinski definition) is 2. The summed E-state index contributed by atoms with van der Waals surface area (Å²) in [5, 5.41) is 13.9. The third-order valence-electron chi connectivity index (χ3n) is 6.30. The number of benzene rings is 2. The molecule has 10 nitrogen and oxygen atoms in total. The predicted molar refractivity (Wildman–Crippen MR) is 136 cm³/mol. The number of fused-ring (bicyclic) bond motifs is 1. The Morgan fingerprint density at radius 1 is 1.16 bits per heavy atom. The van der Waals surface area contributed by atoms with Gasteiger partial charge in [-0.2, -0.15) is 0 Å². The molecule has 5 rings (SSSR count). The lowest BCUT2D eigenvalue weighted by Crippen LogP contribution is -2.40. The Bertz CT molecular complexity index is 1490. The normalized spacial score (nSPS) is 19.0. The summed E-state index contributed by atoms with van der Waals surface area (Å²) in [5.74, 6) is -1.34. The van der Waals surface area contributed by atoms with E-state index in [1.54, 1.807) is 47.1 Å². The predicted octanol–water partition coefficient (Wildman–Crippen LogP) is 2.64. The van der Waals surface area contributed by atoms with Gasteiger partial charge >= 0.3 is 5.97 Å². The second-order valence-corrected chi connectivity index (χ2v) is 9.09. The van der Waals surface area contributed by atoms with E-state index < -0.39 is 36.2 Å². The van der Waals surface area contributed by atoms with E-state index in [4.69, 9.17) is 15.2 Å². The summed E-state index contributed by atoms with van der Waals surface area (Å²) >= 11 is 0. The first-order valence-electron chi connectivity index (χ1n) is 12.0. The number of aromatic nitrogens is 3. The number of esters is 1. The van der Waals surface area contributed by atoms with E-state index >= 15 is 0 Å². The Balaban J connectivity index is 1.35. The number of imidazole rings is 1. The fourth-order valence-corrected chi connectivity index (χ4v) is 4.26. The molecule has 2 aromatic carbocycles. The van der Waals surface area contributed by atoms with Crippen LogP contribution in [0.3, 0.4) is 0 Å². The maximum atomic E-state index is 13.6. The minimum atomic E-state index is -1.35. The van der Waals surface area contributed by atoms with Gasteiger partial charge in [-0.05, 0) is 49.7 Å². The molecule has 1 saturated heterocycles. The number of amides is 1. The summed E-state index contributed by atoms with van der Waals surface area (Å²) in [6.07, 6.45) is -1.25. The van der Waals surface area contributed by atoms with E-state index in [-0.39, 0.29) is 12.4 Å². The molecule has 0 bridgehead atoms. The van der Waals surface area contributed by atoms with Gasteiger partial charge in [-0.15, -0.1) is 5.10 Å². The molecule has 0 radical (unpaired) electrons. The van der Waals surface area contributed by atoms with Crippen LogP contribution >= 0.6 is 0 Å². The van der Waals surface area contributed by atoms with Crippen LogP contribution in [-0.2, 0) is 14.3 Å². The zero-order valence-corrected chi connectivity index (χ0v) is 20.7. The van der Waals surface area contributed by atoms with Crippen molar-refractivity contribution in [1.82, 2.24) is 14.6 Å². The van der Waals surface area contributed by atoms with E-state index in [1.165, 1.54) is 24.0 Å². The largest absolute Gasteiger partial charge is 0.469 e. The van der Waals surface area contributed by atoms with Crippen LogP contribution in [0.15, 0.2) is 66.9 Å². The monoisotopic (exact) mass is 519 g/mol. The average Bonchev–Trinajstić information content (AvgIpc) is 3.44. The molecule has 196 valence electrons. The number of anilines is 1. The molecule has 1 fully saturated rings. The highest BCUT2D eigenvalue weighted by atomic mass is 19.1. The molecular weight excluding hydrogens is 493 g/mol. The third-order valence-corrected chi connectivity index (χ3v) is 6.30. The van der Waals surface area contributed by atoms with Crippen molar-refractivity contribution in [1.29, 1.82) is 0 Å². The maximum Gasteiger partial charge on any atom is 0.335 e. The highest BCUT2D eigenvalue weighted by molar-refractivity contribution is 6.01. The zero-order valence-electron chi connectivity index (χ0n) is 20.7. The van der Waals surface area contributed by atoms with Crippen molar-refractivity contribution in [3.05, 3.63) is 78.2 Å². The minimum Gasteiger partial charge on any atom is -0.469 e. The first kappa shape index (κ1) is 25.3. The summed E-state index contributed by atoms with van der Waals surface area (Å²) in [5.41, 5.74) is 9.40. The van der Waals surface area contributed by atoms with Crippen LogP contribution < -0.4 is 15.4 Å². The number of rotatable bonds is 7. The Kier molecular flexibility index (Phi) is 6.79. The Morgan fingerprint density at radius 2 is 1.92 bits per heavy atom. The van der Waals surface area contributed by atoms with E-state index in [0.717, 1.165) is 5.56 Å². The average molecular weight is 520 g/mol. The molecule has 1 aliphatic heterocycles. The highest BCUT2D eigenvalue weighted by Crippen LogP contribution is 2.28. The Labute approximate surface area is 217 Å². The number of ether oxygens (including phenoxy) is 2. The minimum absolute atomic E-state index is 0.164. The van der Waals surface area contributed by atoms with E-state index in [2.05, 4.69) is 10.1 Å². The highest BCUT2D eigenvalue weighted by Gasteiger charge is 2.42. The standard InChI is InChI=1S/C27H26FN5O5/c1-15(34)27(36)38-25-21(29)14-32(26(25)35)20-8-6-17(7-9-20)22-13-30-23-10-11-24(31-33(22)23)37-16(2)18-4-3-5-19(28)12-18/h3-13,15-16,21,25,34H,14,29H2,1-2H3/t15?,16-,21+,25?/m1/s1. The van der Waals surface area contributed by atoms with Crippen molar-refractivity contribution in [2.24, 2.45) is 5.73 Å². The fourth-order valence-electron chi connectivity index (χ4n) is 4.26. The van der Waals surface area contributed by atoms with Gasteiger partial charge < -0.3 is 25.2 Å². The zero-order chi connectivity index (χ0) is 27.0. The summed E-state index contributed by atoms with van der Waals surface area (Å²) < 4.78 is 26.3. The number of nitrogens with two attached hydrogens (primary N) is 1. The van der Waals surface area contributed by atoms with E-state index in [9.17, 15) is 19.1 Å². The van der Waals surface area contributed by atoms with Gasteiger partial charge in [0.1, 0.15) is 18.0 Å². The van der Waals surface area contributed by atoms with Gasteiger partial charge in [0.25, 0.3) is 5.91 Å². The second-order valence-electron chi connectivity index (χ2n) is 9.09. The number of nitrogens with zero attached hydrogens (tertiary/aromatic N) is 4. The maximum absolute atomic E-state index is 13.6. The molecule has 2 unspecified atom stereocenters. The molecule has 11 heteroatoms. The van der Waals surface area contributed by atoms with Gasteiger partial charge in [0.05, 0.1) is 17.9 Å². The van der Waals surface area contributed by atoms with Crippen LogP contribution in [-0.4, -0.2) is 56.4 Å². The summed E-state index contributed by atoms with van der Waals surface area (Å²) in [6.45, 7) is 3.24. The van der Waals surface area contributed by atoms with Crippen LogP contribution in [0.2, 0.25) is 0 Å². The number of carbonyl (C=O) groups excluding carboxylic acids is 2. The molecule has 4 atom stereocenters. The molecule has 0 spiro atoms. The van der Waals surface area contributed by atoms with Gasteiger partial charge in [0.15, 0.2) is 11.8 Å². The SMILES string of the molecule is CC(O)C(=O)OC1C(=O)N(c2ccc(-c3cnc4ccc(O[C@H](C)c5cccc(F)c5)nn34)cc2)C[C@@H]1N. The quantitative estimate of drug-likeness (QED) is 0.356. The van der Waals surface area contributed by atoms with Crippen LogP contribution in [0.4, 0.5) is 10.1 Å². The molecule has 38 heavy (non-hydrogen) atoms. The van der Waals surface area contributed by atoms with Crippen LogP contribution in [0, 0.1) is 5.82 Å². The first-order chi connectivity index (χ1) is 18.2. The number of hydrogen-bond acceptors (Lipinski definition) is 8. The molecular formula is C27H26FN5O5. The second kappa shape index (κ2) is 10.2. The van der Waals surface area contributed by atoms with Gasteiger partial charge in [-0.25, -0.2) is 18.7 Å². The molecule has 3 heterocycles. The van der Waals surface area contributed by atoms with Gasteiger partial charge in [0, 0.05) is 23.9 Å². The van der Waals surface area contributed by atoms with Crippen molar-refractivity contribution >= 4 is 23.2 Å². The summed E-state index contributed by atoms with van der Waals surface area (Å²) in [7, 11) is 0. The lowest BCUT2D eigenvalue weighted by Gasteiger charge is -2.17. The molecule has 3 N–H and O–H groups in total. The number of halogens is 1.